The molecule has 7 nitrogen and oxygen atoms in total. The molecule has 1 aromatic carbocycles. The highest BCUT2D eigenvalue weighted by molar-refractivity contribution is 8.18. The van der Waals surface area contributed by atoms with Gasteiger partial charge in [-0.05, 0) is 56.3 Å². The number of ether oxygens (including phenoxy) is 3. The van der Waals surface area contributed by atoms with E-state index in [1.165, 1.54) is 0 Å². The second kappa shape index (κ2) is 9.28. The van der Waals surface area contributed by atoms with Crippen LogP contribution in [-0.4, -0.2) is 48.4 Å². The number of thioether (sulfide) groups is 1. The number of carbonyl (C=O) groups is 3. The lowest BCUT2D eigenvalue weighted by atomic mass is 10.2. The van der Waals surface area contributed by atoms with Crippen LogP contribution < -0.4 is 9.47 Å². The van der Waals surface area contributed by atoms with Gasteiger partial charge in [0.2, 0.25) is 0 Å². The minimum Gasteiger partial charge on any atom is -0.490 e. The smallest absolute Gasteiger partial charge is 0.326 e. The summed E-state index contributed by atoms with van der Waals surface area (Å²) < 4.78 is 15.9. The first-order chi connectivity index (χ1) is 12.5. The fraction of sp³-hybridized carbons (Fsp3) is 0.389. The van der Waals surface area contributed by atoms with Gasteiger partial charge in [0.25, 0.3) is 11.1 Å². The Labute approximate surface area is 156 Å². The number of carbonyl (C=O) groups excluding carboxylic acids is 3. The van der Waals surface area contributed by atoms with Gasteiger partial charge in [0, 0.05) is 0 Å². The third kappa shape index (κ3) is 4.78. The highest BCUT2D eigenvalue weighted by Crippen LogP contribution is 2.34. The van der Waals surface area contributed by atoms with E-state index < -0.39 is 17.1 Å². The molecule has 2 rings (SSSR count). The second-order valence-corrected chi connectivity index (χ2v) is 6.14. The van der Waals surface area contributed by atoms with Gasteiger partial charge < -0.3 is 14.2 Å². The van der Waals surface area contributed by atoms with Gasteiger partial charge in [0.1, 0.15) is 6.54 Å². The Balaban J connectivity index is 2.21. The maximum Gasteiger partial charge on any atom is 0.326 e. The summed E-state index contributed by atoms with van der Waals surface area (Å²) in [5.74, 6) is 0.0476. The number of rotatable bonds is 8. The average molecular weight is 379 g/mol. The Morgan fingerprint density at radius 3 is 2.42 bits per heavy atom. The summed E-state index contributed by atoms with van der Waals surface area (Å²) in [6, 6.07) is 5.27. The Kier molecular flexibility index (Phi) is 7.08. The maximum absolute atomic E-state index is 12.4. The molecule has 0 radical (unpaired) electrons. The van der Waals surface area contributed by atoms with Crippen LogP contribution in [0.2, 0.25) is 0 Å². The lowest BCUT2D eigenvalue weighted by Gasteiger charge is -2.12. The van der Waals surface area contributed by atoms with Gasteiger partial charge in [-0.25, -0.2) is 0 Å². The van der Waals surface area contributed by atoms with E-state index >= 15 is 0 Å². The van der Waals surface area contributed by atoms with Crippen molar-refractivity contribution in [2.24, 2.45) is 0 Å². The quantitative estimate of drug-likeness (QED) is 0.507. The van der Waals surface area contributed by atoms with Gasteiger partial charge in [-0.1, -0.05) is 6.07 Å². The first kappa shape index (κ1) is 19.8. The zero-order valence-electron chi connectivity index (χ0n) is 14.9. The number of amides is 2. The van der Waals surface area contributed by atoms with Crippen LogP contribution in [0.25, 0.3) is 6.08 Å². The van der Waals surface area contributed by atoms with Crippen LogP contribution >= 0.6 is 11.8 Å². The monoisotopic (exact) mass is 379 g/mol. The summed E-state index contributed by atoms with van der Waals surface area (Å²) >= 11 is 0.789. The number of esters is 1. The van der Waals surface area contributed by atoms with Gasteiger partial charge in [-0.15, -0.1) is 0 Å². The number of nitrogens with zero attached hydrogens (tertiary/aromatic N) is 1. The number of benzene rings is 1. The van der Waals surface area contributed by atoms with Crippen LogP contribution in [0.1, 0.15) is 26.3 Å². The fourth-order valence-electron chi connectivity index (χ4n) is 2.28. The zero-order chi connectivity index (χ0) is 19.1. The van der Waals surface area contributed by atoms with Crippen LogP contribution in [0.4, 0.5) is 4.79 Å². The molecule has 0 saturated carbocycles. The molecule has 1 aliphatic rings. The van der Waals surface area contributed by atoms with Crippen LogP contribution in [-0.2, 0) is 14.3 Å². The van der Waals surface area contributed by atoms with E-state index in [-0.39, 0.29) is 18.1 Å². The van der Waals surface area contributed by atoms with E-state index in [2.05, 4.69) is 0 Å². The van der Waals surface area contributed by atoms with Crippen molar-refractivity contribution in [3.8, 4) is 11.5 Å². The summed E-state index contributed by atoms with van der Waals surface area (Å²) in [6.45, 7) is 6.19. The summed E-state index contributed by atoms with van der Waals surface area (Å²) in [6.07, 6.45) is 1.59. The maximum atomic E-state index is 12.4. The number of hydrogen-bond acceptors (Lipinski definition) is 7. The van der Waals surface area contributed by atoms with Crippen LogP contribution in [0.5, 0.6) is 11.5 Å². The molecule has 1 saturated heterocycles. The molecule has 1 aromatic rings. The van der Waals surface area contributed by atoms with E-state index in [0.717, 1.165) is 16.7 Å². The van der Waals surface area contributed by atoms with Crippen LogP contribution in [0.3, 0.4) is 0 Å². The van der Waals surface area contributed by atoms with Crippen molar-refractivity contribution in [3.05, 3.63) is 28.7 Å². The summed E-state index contributed by atoms with van der Waals surface area (Å²) in [5, 5.41) is -0.495. The molecule has 2 amide bonds. The van der Waals surface area contributed by atoms with E-state index in [1.54, 1.807) is 31.2 Å². The molecule has 0 aliphatic carbocycles. The molecule has 1 fully saturated rings. The molecule has 0 spiro atoms. The Hall–Kier alpha value is -2.48. The second-order valence-electron chi connectivity index (χ2n) is 5.15. The van der Waals surface area contributed by atoms with Crippen molar-refractivity contribution >= 4 is 35.0 Å². The third-order valence-corrected chi connectivity index (χ3v) is 4.24. The molecule has 1 heterocycles. The molecule has 0 N–H and O–H groups in total. The number of hydrogen-bond donors (Lipinski definition) is 0. The molecule has 0 bridgehead atoms. The van der Waals surface area contributed by atoms with Gasteiger partial charge in [-0.2, -0.15) is 0 Å². The minimum absolute atomic E-state index is 0.192. The summed E-state index contributed by atoms with van der Waals surface area (Å²) in [7, 11) is 0. The molecule has 0 aromatic heterocycles. The van der Waals surface area contributed by atoms with Gasteiger partial charge in [-0.3, -0.25) is 19.3 Å². The van der Waals surface area contributed by atoms with E-state index in [9.17, 15) is 14.4 Å². The predicted molar refractivity (Wildman–Crippen MR) is 98.1 cm³/mol. The average Bonchev–Trinajstić information content (AvgIpc) is 2.85. The highest BCUT2D eigenvalue weighted by atomic mass is 32.2. The van der Waals surface area contributed by atoms with Gasteiger partial charge >= 0.3 is 5.97 Å². The lowest BCUT2D eigenvalue weighted by molar-refractivity contribution is -0.145. The van der Waals surface area contributed by atoms with Crippen LogP contribution in [0, 0.1) is 0 Å². The van der Waals surface area contributed by atoms with E-state index in [0.29, 0.717) is 30.3 Å². The molecule has 140 valence electrons. The molecule has 8 heteroatoms. The topological polar surface area (TPSA) is 82.1 Å². The lowest BCUT2D eigenvalue weighted by Crippen LogP contribution is -2.34. The Bertz CT molecular complexity index is 730. The normalized spacial score (nSPS) is 15.5. The first-order valence-corrected chi connectivity index (χ1v) is 9.12. The fourth-order valence-corrected chi connectivity index (χ4v) is 3.12. The first-order valence-electron chi connectivity index (χ1n) is 8.30. The van der Waals surface area contributed by atoms with Crippen molar-refractivity contribution in [1.82, 2.24) is 4.90 Å². The number of imide groups is 1. The largest absolute Gasteiger partial charge is 0.490 e. The SMILES string of the molecule is CCOC(=O)CN1C(=O)S/C(=C/c2ccc(OCC)c(OCC)c2)C1=O. The predicted octanol–water partition coefficient (Wildman–Crippen LogP) is 3.08. The zero-order valence-corrected chi connectivity index (χ0v) is 15.8. The van der Waals surface area contributed by atoms with Crippen LogP contribution in [0.15, 0.2) is 23.1 Å². The molecular formula is C18H21NO6S. The van der Waals surface area contributed by atoms with Crippen molar-refractivity contribution < 1.29 is 28.6 Å². The van der Waals surface area contributed by atoms with Crippen molar-refractivity contribution in [2.45, 2.75) is 20.8 Å². The molecule has 26 heavy (non-hydrogen) atoms. The molecule has 0 atom stereocenters. The Morgan fingerprint density at radius 1 is 1.08 bits per heavy atom. The third-order valence-electron chi connectivity index (χ3n) is 3.33. The minimum atomic E-state index is -0.615. The van der Waals surface area contributed by atoms with Gasteiger partial charge in [0.05, 0.1) is 24.7 Å². The van der Waals surface area contributed by atoms with Crippen molar-refractivity contribution in [1.29, 1.82) is 0 Å². The molecular weight excluding hydrogens is 358 g/mol. The summed E-state index contributed by atoms with van der Waals surface area (Å²) in [5.41, 5.74) is 0.693. The van der Waals surface area contributed by atoms with E-state index in [1.807, 2.05) is 13.8 Å². The molecule has 0 unspecified atom stereocenters. The van der Waals surface area contributed by atoms with Crippen molar-refractivity contribution in [2.75, 3.05) is 26.4 Å². The molecule has 1 aliphatic heterocycles. The van der Waals surface area contributed by atoms with Crippen molar-refractivity contribution in [3.63, 3.8) is 0 Å². The van der Waals surface area contributed by atoms with Gasteiger partial charge in [0.15, 0.2) is 11.5 Å². The Morgan fingerprint density at radius 2 is 1.77 bits per heavy atom. The standard InChI is InChI=1S/C18H21NO6S/c1-4-23-13-8-7-12(9-14(13)24-5-2)10-15-17(21)19(18(22)26-15)11-16(20)25-6-3/h7-10H,4-6,11H2,1-3H3/b15-10+. The highest BCUT2D eigenvalue weighted by Gasteiger charge is 2.36. The van der Waals surface area contributed by atoms with E-state index in [4.69, 9.17) is 14.2 Å². The summed E-state index contributed by atoms with van der Waals surface area (Å²) in [4.78, 5) is 37.1.